The van der Waals surface area contributed by atoms with E-state index in [0.29, 0.717) is 11.9 Å². The summed E-state index contributed by atoms with van der Waals surface area (Å²) in [6.45, 7) is 7.10. The molecule has 1 unspecified atom stereocenters. The summed E-state index contributed by atoms with van der Waals surface area (Å²) in [5, 5.41) is 0. The Kier molecular flexibility index (Phi) is 4.65. The van der Waals surface area contributed by atoms with Gasteiger partial charge in [0.2, 0.25) is 0 Å². The quantitative estimate of drug-likeness (QED) is 0.893. The van der Waals surface area contributed by atoms with Gasteiger partial charge in [-0.25, -0.2) is 0 Å². The first kappa shape index (κ1) is 14.9. The Balaban J connectivity index is 2.10. The van der Waals surface area contributed by atoms with E-state index in [9.17, 15) is 0 Å². The molecule has 0 saturated carbocycles. The van der Waals surface area contributed by atoms with Gasteiger partial charge in [0, 0.05) is 13.1 Å². The molecule has 0 radical (unpaired) electrons. The second-order valence-corrected chi connectivity index (χ2v) is 6.03. The average Bonchev–Trinajstić information content (AvgIpc) is 2.77. The smallest absolute Gasteiger partial charge is 0.191 e. The molecule has 0 aliphatic carbocycles. The molecule has 0 spiro atoms. The number of likely N-dealkylation sites (N-methyl/N-ethyl adjacent to an activating group) is 1. The minimum Gasteiger partial charge on any atom is -0.370 e. The van der Waals surface area contributed by atoms with Crippen LogP contribution < -0.4 is 5.73 Å². The summed E-state index contributed by atoms with van der Waals surface area (Å²) in [5.41, 5.74) is 8.71. The first-order valence-corrected chi connectivity index (χ1v) is 7.30. The van der Waals surface area contributed by atoms with Crippen LogP contribution in [-0.4, -0.2) is 49.5 Å². The van der Waals surface area contributed by atoms with Crippen molar-refractivity contribution in [3.63, 3.8) is 0 Å². The van der Waals surface area contributed by atoms with Gasteiger partial charge in [-0.05, 0) is 31.1 Å². The van der Waals surface area contributed by atoms with Gasteiger partial charge in [-0.15, -0.1) is 0 Å². The Bertz CT molecular complexity index is 462. The van der Waals surface area contributed by atoms with Crippen LogP contribution in [0.2, 0.25) is 0 Å². The van der Waals surface area contributed by atoms with Crippen molar-refractivity contribution in [2.45, 2.75) is 25.8 Å². The van der Waals surface area contributed by atoms with E-state index in [1.54, 1.807) is 0 Å². The number of hydrogen-bond donors (Lipinski definition) is 1. The van der Waals surface area contributed by atoms with Gasteiger partial charge in [0.25, 0.3) is 0 Å². The van der Waals surface area contributed by atoms with Crippen molar-refractivity contribution in [3.8, 4) is 0 Å². The van der Waals surface area contributed by atoms with E-state index in [-0.39, 0.29) is 6.04 Å². The molecule has 1 aliphatic rings. The van der Waals surface area contributed by atoms with E-state index in [0.717, 1.165) is 19.6 Å². The number of rotatable bonds is 5. The third-order valence-electron chi connectivity index (χ3n) is 3.87. The minimum atomic E-state index is 0.288. The summed E-state index contributed by atoms with van der Waals surface area (Å²) in [5.74, 6) is 1.24. The molecule has 1 aromatic rings. The molecule has 0 bridgehead atoms. The highest BCUT2D eigenvalue weighted by molar-refractivity contribution is 5.80. The molecule has 20 heavy (non-hydrogen) atoms. The van der Waals surface area contributed by atoms with Crippen molar-refractivity contribution in [3.05, 3.63) is 35.4 Å². The van der Waals surface area contributed by atoms with Crippen LogP contribution >= 0.6 is 0 Å². The minimum absolute atomic E-state index is 0.288. The third kappa shape index (κ3) is 3.31. The summed E-state index contributed by atoms with van der Waals surface area (Å²) in [4.78, 5) is 8.80. The standard InChI is InChI=1S/C16H26N4/c1-12(2)13-5-7-14(8-6-13)15-11-18-16(17)20(15)10-9-19(3)4/h5-8,12,15H,9-11H2,1-4H3,(H2,17,18). The zero-order valence-electron chi connectivity index (χ0n) is 13.0. The number of nitrogens with zero attached hydrogens (tertiary/aromatic N) is 3. The predicted octanol–water partition coefficient (Wildman–Crippen LogP) is 2.04. The highest BCUT2D eigenvalue weighted by Gasteiger charge is 2.27. The summed E-state index contributed by atoms with van der Waals surface area (Å²) in [6.07, 6.45) is 0. The first-order chi connectivity index (χ1) is 9.49. The molecule has 1 aliphatic heterocycles. The molecule has 110 valence electrons. The van der Waals surface area contributed by atoms with Crippen molar-refractivity contribution >= 4 is 5.96 Å². The normalized spacial score (nSPS) is 19.0. The maximum atomic E-state index is 6.03. The highest BCUT2D eigenvalue weighted by atomic mass is 15.3. The van der Waals surface area contributed by atoms with Gasteiger partial charge >= 0.3 is 0 Å². The largest absolute Gasteiger partial charge is 0.370 e. The Morgan fingerprint density at radius 3 is 2.50 bits per heavy atom. The zero-order chi connectivity index (χ0) is 14.7. The monoisotopic (exact) mass is 274 g/mol. The van der Waals surface area contributed by atoms with Crippen LogP contribution in [0.25, 0.3) is 0 Å². The fourth-order valence-electron chi connectivity index (χ4n) is 2.50. The number of aliphatic imine (C=N–C) groups is 1. The lowest BCUT2D eigenvalue weighted by atomic mass is 9.99. The van der Waals surface area contributed by atoms with Crippen LogP contribution in [0.4, 0.5) is 0 Å². The van der Waals surface area contributed by atoms with Crippen LogP contribution in [0.3, 0.4) is 0 Å². The van der Waals surface area contributed by atoms with Crippen molar-refractivity contribution in [1.29, 1.82) is 0 Å². The molecule has 0 fully saturated rings. The van der Waals surface area contributed by atoms with Gasteiger partial charge in [-0.3, -0.25) is 4.99 Å². The van der Waals surface area contributed by atoms with Crippen molar-refractivity contribution < 1.29 is 0 Å². The van der Waals surface area contributed by atoms with Gasteiger partial charge in [0.1, 0.15) is 0 Å². The van der Waals surface area contributed by atoms with Gasteiger partial charge in [0.05, 0.1) is 12.6 Å². The molecule has 4 nitrogen and oxygen atoms in total. The Morgan fingerprint density at radius 2 is 1.95 bits per heavy atom. The maximum absolute atomic E-state index is 6.03. The summed E-state index contributed by atoms with van der Waals surface area (Å²) in [6, 6.07) is 9.17. The molecule has 1 heterocycles. The molecule has 2 rings (SSSR count). The Hall–Kier alpha value is -1.55. The van der Waals surface area contributed by atoms with Gasteiger partial charge < -0.3 is 15.5 Å². The molecule has 1 atom stereocenters. The van der Waals surface area contributed by atoms with Crippen LogP contribution in [0.15, 0.2) is 29.3 Å². The number of benzene rings is 1. The summed E-state index contributed by atoms with van der Waals surface area (Å²) in [7, 11) is 4.16. The average molecular weight is 274 g/mol. The predicted molar refractivity (Wildman–Crippen MR) is 85.0 cm³/mol. The van der Waals surface area contributed by atoms with Crippen LogP contribution in [0, 0.1) is 0 Å². The molecular weight excluding hydrogens is 248 g/mol. The Labute approximate surface area is 122 Å². The zero-order valence-corrected chi connectivity index (χ0v) is 13.0. The summed E-state index contributed by atoms with van der Waals surface area (Å²) < 4.78 is 0. The molecular formula is C16H26N4. The number of nitrogens with two attached hydrogens (primary N) is 1. The fraction of sp³-hybridized carbons (Fsp3) is 0.562. The SMILES string of the molecule is CC(C)c1ccc(C2CN=C(N)N2CCN(C)C)cc1. The lowest BCUT2D eigenvalue weighted by molar-refractivity contribution is 0.293. The lowest BCUT2D eigenvalue weighted by Crippen LogP contribution is -2.40. The van der Waals surface area contributed by atoms with E-state index in [4.69, 9.17) is 5.73 Å². The molecule has 2 N–H and O–H groups in total. The lowest BCUT2D eigenvalue weighted by Gasteiger charge is -2.28. The number of guanidine groups is 1. The van der Waals surface area contributed by atoms with Crippen LogP contribution in [0.5, 0.6) is 0 Å². The molecule has 1 aromatic carbocycles. The Morgan fingerprint density at radius 1 is 1.30 bits per heavy atom. The van der Waals surface area contributed by atoms with Crippen LogP contribution in [0.1, 0.15) is 36.9 Å². The second kappa shape index (κ2) is 6.27. The second-order valence-electron chi connectivity index (χ2n) is 6.03. The highest BCUT2D eigenvalue weighted by Crippen LogP contribution is 2.26. The molecule has 0 amide bonds. The molecule has 0 saturated heterocycles. The summed E-state index contributed by atoms with van der Waals surface area (Å²) >= 11 is 0. The molecule has 0 aromatic heterocycles. The van der Waals surface area contributed by atoms with Crippen molar-refractivity contribution in [2.75, 3.05) is 33.7 Å². The van der Waals surface area contributed by atoms with E-state index >= 15 is 0 Å². The van der Waals surface area contributed by atoms with Gasteiger partial charge in [-0.1, -0.05) is 38.1 Å². The van der Waals surface area contributed by atoms with E-state index < -0.39 is 0 Å². The fourth-order valence-corrected chi connectivity index (χ4v) is 2.50. The van der Waals surface area contributed by atoms with E-state index in [2.05, 4.69) is 67.0 Å². The third-order valence-corrected chi connectivity index (χ3v) is 3.87. The van der Waals surface area contributed by atoms with E-state index in [1.165, 1.54) is 11.1 Å². The molecule has 4 heteroatoms. The van der Waals surface area contributed by atoms with Crippen molar-refractivity contribution in [2.24, 2.45) is 10.7 Å². The van der Waals surface area contributed by atoms with E-state index in [1.807, 2.05) is 0 Å². The maximum Gasteiger partial charge on any atom is 0.191 e. The topological polar surface area (TPSA) is 44.9 Å². The van der Waals surface area contributed by atoms with Gasteiger partial charge in [0.15, 0.2) is 5.96 Å². The van der Waals surface area contributed by atoms with Crippen LogP contribution in [-0.2, 0) is 0 Å². The number of hydrogen-bond acceptors (Lipinski definition) is 4. The van der Waals surface area contributed by atoms with Crippen molar-refractivity contribution in [1.82, 2.24) is 9.80 Å². The van der Waals surface area contributed by atoms with Gasteiger partial charge in [-0.2, -0.15) is 0 Å². The first-order valence-electron chi connectivity index (χ1n) is 7.30.